The van der Waals surface area contributed by atoms with Gasteiger partial charge in [-0.15, -0.1) is 0 Å². The van der Waals surface area contributed by atoms with E-state index in [0.29, 0.717) is 11.5 Å². The van der Waals surface area contributed by atoms with Crippen LogP contribution in [0, 0.1) is 12.4 Å². The summed E-state index contributed by atoms with van der Waals surface area (Å²) in [5.74, 6) is -1.24. The Balaban J connectivity index is 2.14. The number of halogens is 1. The fourth-order valence-corrected chi connectivity index (χ4v) is 3.37. The summed E-state index contributed by atoms with van der Waals surface area (Å²) in [6, 6.07) is 7.11. The van der Waals surface area contributed by atoms with Gasteiger partial charge in [0.25, 0.3) is 5.91 Å². The van der Waals surface area contributed by atoms with Crippen LogP contribution in [0.1, 0.15) is 49.3 Å². The molecule has 0 fully saturated rings. The van der Waals surface area contributed by atoms with Crippen molar-refractivity contribution in [3.63, 3.8) is 0 Å². The van der Waals surface area contributed by atoms with Gasteiger partial charge in [0.2, 0.25) is 5.82 Å². The lowest BCUT2D eigenvalue weighted by molar-refractivity contribution is -0.140. The number of benzene rings is 1. The van der Waals surface area contributed by atoms with Gasteiger partial charge in [-0.05, 0) is 43.7 Å². The molecule has 0 aliphatic carbocycles. The van der Waals surface area contributed by atoms with Crippen LogP contribution in [0.25, 0.3) is 10.4 Å². The highest BCUT2D eigenvalue weighted by Gasteiger charge is 2.37. The van der Waals surface area contributed by atoms with Gasteiger partial charge in [-0.25, -0.2) is 9.18 Å². The summed E-state index contributed by atoms with van der Waals surface area (Å²) < 4.78 is 19.0. The molecule has 0 unspecified atom stereocenters. The minimum absolute atomic E-state index is 0.152. The van der Waals surface area contributed by atoms with Crippen molar-refractivity contribution >= 4 is 23.3 Å². The SMILES string of the molecule is [C-]#[N+]c1cc2c([nH]1)C(C(=O)OC(C)C)=CN(C(=O)c1cccc(F)c1)CC2(C)C. The maximum atomic E-state index is 13.6. The van der Waals surface area contributed by atoms with Crippen LogP contribution in [0.4, 0.5) is 10.2 Å². The quantitative estimate of drug-likeness (QED) is 0.618. The molecule has 1 amide bonds. The standard InChI is InChI=1S/C22H22FN3O3/c1-13(2)29-21(28)16-11-26(20(27)14-7-6-8-15(23)9-14)12-22(3,4)17-10-18(24-5)25-19(16)17/h6-11,13,25H,12H2,1-4H3. The number of rotatable bonds is 3. The Bertz CT molecular complexity index is 1040. The molecule has 0 radical (unpaired) electrons. The van der Waals surface area contributed by atoms with E-state index in [0.717, 1.165) is 11.6 Å². The topological polar surface area (TPSA) is 66.8 Å². The third-order valence-electron chi connectivity index (χ3n) is 4.67. The number of carbonyl (C=O) groups is 2. The molecule has 2 aromatic rings. The maximum absolute atomic E-state index is 13.6. The number of ether oxygens (including phenoxy) is 1. The van der Waals surface area contributed by atoms with E-state index in [9.17, 15) is 14.0 Å². The minimum Gasteiger partial charge on any atom is -0.459 e. The fourth-order valence-electron chi connectivity index (χ4n) is 3.37. The van der Waals surface area contributed by atoms with Gasteiger partial charge in [0.1, 0.15) is 17.1 Å². The molecule has 29 heavy (non-hydrogen) atoms. The first-order valence-corrected chi connectivity index (χ1v) is 9.23. The Labute approximate surface area is 168 Å². The molecule has 1 aliphatic heterocycles. The fraction of sp³-hybridized carbons (Fsp3) is 0.318. The number of hydrogen-bond donors (Lipinski definition) is 1. The van der Waals surface area contributed by atoms with Gasteiger partial charge in [-0.2, -0.15) is 0 Å². The first-order chi connectivity index (χ1) is 13.6. The first kappa shape index (κ1) is 20.3. The summed E-state index contributed by atoms with van der Waals surface area (Å²) in [6.45, 7) is 14.8. The Morgan fingerprint density at radius 3 is 2.66 bits per heavy atom. The van der Waals surface area contributed by atoms with Crippen molar-refractivity contribution in [2.75, 3.05) is 6.54 Å². The average molecular weight is 395 g/mol. The van der Waals surface area contributed by atoms with Crippen molar-refractivity contribution in [1.82, 2.24) is 9.88 Å². The molecule has 7 heteroatoms. The highest BCUT2D eigenvalue weighted by atomic mass is 19.1. The summed E-state index contributed by atoms with van der Waals surface area (Å²) in [4.78, 5) is 33.7. The normalized spacial score (nSPS) is 15.2. The number of hydrogen-bond acceptors (Lipinski definition) is 3. The van der Waals surface area contributed by atoms with Crippen LogP contribution in [0.15, 0.2) is 36.5 Å². The molecule has 1 N–H and O–H groups in total. The Hall–Kier alpha value is -3.40. The second-order valence-electron chi connectivity index (χ2n) is 7.88. The lowest BCUT2D eigenvalue weighted by Crippen LogP contribution is -2.36. The number of aromatic nitrogens is 1. The molecule has 1 aromatic carbocycles. The van der Waals surface area contributed by atoms with Crippen molar-refractivity contribution in [1.29, 1.82) is 0 Å². The van der Waals surface area contributed by atoms with E-state index >= 15 is 0 Å². The molecule has 0 atom stereocenters. The van der Waals surface area contributed by atoms with Crippen LogP contribution in [0.3, 0.4) is 0 Å². The molecule has 0 spiro atoms. The van der Waals surface area contributed by atoms with Crippen molar-refractivity contribution in [2.45, 2.75) is 39.2 Å². The third-order valence-corrected chi connectivity index (χ3v) is 4.67. The smallest absolute Gasteiger partial charge is 0.344 e. The summed E-state index contributed by atoms with van der Waals surface area (Å²) in [6.07, 6.45) is 1.07. The average Bonchev–Trinajstić information content (AvgIpc) is 3.04. The van der Waals surface area contributed by atoms with Gasteiger partial charge in [-0.1, -0.05) is 26.5 Å². The van der Waals surface area contributed by atoms with Crippen LogP contribution < -0.4 is 0 Å². The minimum atomic E-state index is -0.602. The van der Waals surface area contributed by atoms with Crippen LogP contribution in [-0.4, -0.2) is 34.4 Å². The zero-order chi connectivity index (χ0) is 21.3. The Kier molecular flexibility index (Phi) is 5.29. The lowest BCUT2D eigenvalue weighted by atomic mass is 9.83. The second-order valence-corrected chi connectivity index (χ2v) is 7.88. The van der Waals surface area contributed by atoms with Crippen molar-refractivity contribution in [3.05, 3.63) is 70.6 Å². The molecule has 150 valence electrons. The van der Waals surface area contributed by atoms with E-state index in [1.54, 1.807) is 19.9 Å². The van der Waals surface area contributed by atoms with E-state index in [2.05, 4.69) is 9.83 Å². The van der Waals surface area contributed by atoms with Crippen LogP contribution >= 0.6 is 0 Å². The van der Waals surface area contributed by atoms with Gasteiger partial charge in [0, 0.05) is 23.7 Å². The maximum Gasteiger partial charge on any atom is 0.344 e. The second kappa shape index (κ2) is 7.55. The van der Waals surface area contributed by atoms with E-state index in [-0.39, 0.29) is 23.8 Å². The molecule has 0 saturated carbocycles. The van der Waals surface area contributed by atoms with E-state index in [1.807, 2.05) is 13.8 Å². The molecular weight excluding hydrogens is 373 g/mol. The van der Waals surface area contributed by atoms with E-state index in [4.69, 9.17) is 11.3 Å². The number of aromatic amines is 1. The van der Waals surface area contributed by atoms with Gasteiger partial charge < -0.3 is 19.5 Å². The van der Waals surface area contributed by atoms with E-state index in [1.165, 1.54) is 29.3 Å². The molecule has 6 nitrogen and oxygen atoms in total. The molecule has 3 rings (SSSR count). The number of esters is 1. The Morgan fingerprint density at radius 2 is 2.03 bits per heavy atom. The molecule has 0 saturated heterocycles. The van der Waals surface area contributed by atoms with Gasteiger partial charge in [-0.3, -0.25) is 4.79 Å². The van der Waals surface area contributed by atoms with Gasteiger partial charge in [0.05, 0.1) is 6.10 Å². The van der Waals surface area contributed by atoms with Crippen molar-refractivity contribution in [3.8, 4) is 0 Å². The Morgan fingerprint density at radius 1 is 1.31 bits per heavy atom. The summed E-state index contributed by atoms with van der Waals surface area (Å²) in [7, 11) is 0. The zero-order valence-electron chi connectivity index (χ0n) is 16.7. The molecule has 2 heterocycles. The highest BCUT2D eigenvalue weighted by molar-refractivity contribution is 6.17. The number of nitrogens with zero attached hydrogens (tertiary/aromatic N) is 2. The summed E-state index contributed by atoms with van der Waals surface area (Å²) >= 11 is 0. The van der Waals surface area contributed by atoms with Crippen molar-refractivity contribution < 1.29 is 18.7 Å². The molecule has 1 aliphatic rings. The zero-order valence-corrected chi connectivity index (χ0v) is 16.7. The summed E-state index contributed by atoms with van der Waals surface area (Å²) in [5.41, 5.74) is 0.958. The van der Waals surface area contributed by atoms with Gasteiger partial charge in [0.15, 0.2) is 0 Å². The number of carbonyl (C=O) groups excluding carboxylic acids is 2. The number of amides is 1. The molecule has 1 aromatic heterocycles. The first-order valence-electron chi connectivity index (χ1n) is 9.23. The predicted octanol–water partition coefficient (Wildman–Crippen LogP) is 4.43. The largest absolute Gasteiger partial charge is 0.459 e. The molecular formula is C22H22FN3O3. The highest BCUT2D eigenvalue weighted by Crippen LogP contribution is 2.38. The molecule has 0 bridgehead atoms. The number of nitrogens with one attached hydrogen (secondary N) is 1. The number of H-pyrrole nitrogens is 1. The van der Waals surface area contributed by atoms with Gasteiger partial charge >= 0.3 is 5.97 Å². The monoisotopic (exact) mass is 395 g/mol. The van der Waals surface area contributed by atoms with Crippen LogP contribution in [0.5, 0.6) is 0 Å². The van der Waals surface area contributed by atoms with Crippen LogP contribution in [0.2, 0.25) is 0 Å². The van der Waals surface area contributed by atoms with Crippen molar-refractivity contribution in [2.24, 2.45) is 0 Å². The predicted molar refractivity (Wildman–Crippen MR) is 107 cm³/mol. The van der Waals surface area contributed by atoms with E-state index < -0.39 is 23.1 Å². The van der Waals surface area contributed by atoms with Crippen LogP contribution in [-0.2, 0) is 14.9 Å². The number of fused-ring (bicyclic) bond motifs is 1. The third kappa shape index (κ3) is 4.06. The lowest BCUT2D eigenvalue weighted by Gasteiger charge is -2.29. The summed E-state index contributed by atoms with van der Waals surface area (Å²) in [5, 5.41) is 0.